The smallest absolute Gasteiger partial charge is 0.231 e. The number of fused-ring (bicyclic) bond motifs is 2. The van der Waals surface area contributed by atoms with Crippen LogP contribution < -0.4 is 38.0 Å². The monoisotopic (exact) mass is 433 g/mol. The predicted octanol–water partition coefficient (Wildman–Crippen LogP) is 0.0513. The number of aromatic nitrogens is 1. The third-order valence-corrected chi connectivity index (χ3v) is 4.15. The molecule has 0 spiro atoms. The van der Waals surface area contributed by atoms with Crippen molar-refractivity contribution >= 4 is 16.7 Å². The van der Waals surface area contributed by atoms with Crippen LogP contribution in [0.2, 0.25) is 0 Å². The lowest BCUT2D eigenvalue weighted by Crippen LogP contribution is -3.00. The van der Waals surface area contributed by atoms with Gasteiger partial charge in [-0.25, -0.2) is 0 Å². The van der Waals surface area contributed by atoms with Crippen LogP contribution in [0.5, 0.6) is 11.5 Å². The number of ether oxygens (including phenoxy) is 2. The fourth-order valence-electron chi connectivity index (χ4n) is 2.88. The van der Waals surface area contributed by atoms with E-state index >= 15 is 0 Å². The summed E-state index contributed by atoms with van der Waals surface area (Å²) in [5, 5.41) is 1.12. The summed E-state index contributed by atoms with van der Waals surface area (Å²) < 4.78 is 12.7. The van der Waals surface area contributed by atoms with Crippen molar-refractivity contribution in [3.05, 3.63) is 65.9 Å². The molecule has 5 heteroatoms. The molecule has 4 nitrogen and oxygen atoms in total. The number of hydrogen-bond donors (Lipinski definition) is 0. The van der Waals surface area contributed by atoms with Gasteiger partial charge in [0.1, 0.15) is 0 Å². The van der Waals surface area contributed by atoms with Gasteiger partial charge in [-0.2, -0.15) is 4.57 Å². The molecule has 1 aliphatic heterocycles. The van der Waals surface area contributed by atoms with Crippen LogP contribution in [0.3, 0.4) is 0 Å². The minimum Gasteiger partial charge on any atom is -1.00 e. The van der Waals surface area contributed by atoms with Crippen molar-refractivity contribution < 1.29 is 42.8 Å². The predicted molar refractivity (Wildman–Crippen MR) is 85.8 cm³/mol. The van der Waals surface area contributed by atoms with Crippen LogP contribution in [0.15, 0.2) is 54.6 Å². The van der Waals surface area contributed by atoms with Gasteiger partial charge in [0.25, 0.3) is 0 Å². The molecule has 0 unspecified atom stereocenters. The van der Waals surface area contributed by atoms with E-state index < -0.39 is 0 Å². The van der Waals surface area contributed by atoms with Crippen molar-refractivity contribution in [3.63, 3.8) is 0 Å². The van der Waals surface area contributed by atoms with Crippen LogP contribution >= 0.6 is 0 Å². The summed E-state index contributed by atoms with van der Waals surface area (Å²) in [6.45, 7) is 2.52. The highest BCUT2D eigenvalue weighted by Crippen LogP contribution is 2.32. The van der Waals surface area contributed by atoms with Gasteiger partial charge in [0, 0.05) is 30.0 Å². The third-order valence-electron chi connectivity index (χ3n) is 4.15. The number of rotatable bonds is 3. The Bertz CT molecular complexity index is 924. The lowest BCUT2D eigenvalue weighted by Gasteiger charge is -2.05. The van der Waals surface area contributed by atoms with Crippen molar-refractivity contribution in [2.45, 2.75) is 13.5 Å². The van der Waals surface area contributed by atoms with Gasteiger partial charge in [0.2, 0.25) is 24.6 Å². The number of benzene rings is 2. The van der Waals surface area contributed by atoms with E-state index in [0.717, 1.165) is 16.6 Å². The quantitative estimate of drug-likeness (QED) is 0.333. The number of Topliss-reactive ketones (excluding diaryl/α,β-unsaturated/α-hetero) is 1. The van der Waals surface area contributed by atoms with Crippen LogP contribution in [0, 0.1) is 6.92 Å². The zero-order valence-electron chi connectivity index (χ0n) is 13.2. The first-order chi connectivity index (χ1) is 11.2. The number of carbonyl (C=O) groups is 1. The van der Waals surface area contributed by atoms with Crippen molar-refractivity contribution in [2.24, 2.45) is 0 Å². The first kappa shape index (κ1) is 16.7. The second kappa shape index (κ2) is 6.76. The van der Waals surface area contributed by atoms with Crippen LogP contribution in [-0.2, 0) is 6.54 Å². The Morgan fingerprint density at radius 2 is 1.83 bits per heavy atom. The Labute approximate surface area is 157 Å². The number of aryl methyl sites for hydroxylation is 1. The van der Waals surface area contributed by atoms with Gasteiger partial charge in [0.05, 0.1) is 0 Å². The number of nitrogens with zero attached hydrogens (tertiary/aromatic N) is 1. The summed E-state index contributed by atoms with van der Waals surface area (Å²) in [6.07, 6.45) is 0. The summed E-state index contributed by atoms with van der Waals surface area (Å²) in [7, 11) is 0. The average Bonchev–Trinajstić information content (AvgIpc) is 3.05. The highest BCUT2D eigenvalue weighted by Gasteiger charge is 2.21. The van der Waals surface area contributed by atoms with E-state index in [-0.39, 0.29) is 36.6 Å². The first-order valence-electron chi connectivity index (χ1n) is 7.53. The van der Waals surface area contributed by atoms with Crippen LogP contribution in [-0.4, -0.2) is 12.6 Å². The number of ketones is 1. The maximum Gasteiger partial charge on any atom is 0.231 e. The molecule has 4 rings (SSSR count). The highest BCUT2D eigenvalue weighted by atomic mass is 127. The third kappa shape index (κ3) is 2.96. The normalized spacial score (nSPS) is 12.0. The van der Waals surface area contributed by atoms with E-state index in [1.807, 2.05) is 35.8 Å². The SMILES string of the molecule is Cc1ccc2ccccc2[n+]1CC(=O)c1ccc2c(c1)OCO2.[I-]. The zero-order valence-corrected chi connectivity index (χ0v) is 15.3. The van der Waals surface area contributed by atoms with Gasteiger partial charge in [-0.15, -0.1) is 0 Å². The van der Waals surface area contributed by atoms with Gasteiger partial charge in [-0.3, -0.25) is 4.79 Å². The number of para-hydroxylation sites is 1. The van der Waals surface area contributed by atoms with Crippen molar-refractivity contribution in [2.75, 3.05) is 6.79 Å². The summed E-state index contributed by atoms with van der Waals surface area (Å²) in [4.78, 5) is 12.7. The van der Waals surface area contributed by atoms with E-state index in [9.17, 15) is 4.79 Å². The van der Waals surface area contributed by atoms with Gasteiger partial charge in [-0.1, -0.05) is 12.1 Å². The maximum atomic E-state index is 12.7. The Morgan fingerprint density at radius 1 is 1.04 bits per heavy atom. The lowest BCUT2D eigenvalue weighted by molar-refractivity contribution is -0.663. The fraction of sp³-hybridized carbons (Fsp3) is 0.158. The molecule has 122 valence electrons. The molecule has 3 aromatic rings. The maximum absolute atomic E-state index is 12.7. The molecule has 1 aromatic heterocycles. The van der Waals surface area contributed by atoms with E-state index in [1.165, 1.54) is 0 Å². The van der Waals surface area contributed by atoms with Crippen molar-refractivity contribution in [1.82, 2.24) is 0 Å². The van der Waals surface area contributed by atoms with Crippen molar-refractivity contribution in [1.29, 1.82) is 0 Å². The molecule has 0 radical (unpaired) electrons. The Hall–Kier alpha value is -2.15. The minimum atomic E-state index is 0. The number of halogens is 1. The molecule has 0 fully saturated rings. The van der Waals surface area contributed by atoms with Crippen LogP contribution in [0.1, 0.15) is 16.1 Å². The fourth-order valence-corrected chi connectivity index (χ4v) is 2.88. The van der Waals surface area contributed by atoms with Crippen LogP contribution in [0.25, 0.3) is 10.9 Å². The van der Waals surface area contributed by atoms with Gasteiger partial charge >= 0.3 is 0 Å². The second-order valence-electron chi connectivity index (χ2n) is 5.61. The Morgan fingerprint density at radius 3 is 2.71 bits per heavy atom. The molecule has 0 saturated heterocycles. The molecule has 0 aliphatic carbocycles. The highest BCUT2D eigenvalue weighted by molar-refractivity contribution is 5.96. The molecule has 0 N–H and O–H groups in total. The van der Waals surface area contributed by atoms with E-state index in [4.69, 9.17) is 9.47 Å². The minimum absolute atomic E-state index is 0. The van der Waals surface area contributed by atoms with Crippen molar-refractivity contribution in [3.8, 4) is 11.5 Å². The molecule has 2 aromatic carbocycles. The summed E-state index contributed by atoms with van der Waals surface area (Å²) in [5.41, 5.74) is 2.74. The second-order valence-corrected chi connectivity index (χ2v) is 5.61. The Balaban J connectivity index is 0.00000169. The summed E-state index contributed by atoms with van der Waals surface area (Å²) in [6, 6.07) is 17.5. The van der Waals surface area contributed by atoms with Gasteiger partial charge in [-0.05, 0) is 30.3 Å². The molecule has 0 saturated carbocycles. The molecule has 1 aliphatic rings. The molecular formula is C19H16INO3. The molecule has 0 bridgehead atoms. The summed E-state index contributed by atoms with van der Waals surface area (Å²) >= 11 is 0. The van der Waals surface area contributed by atoms with Crippen LogP contribution in [0.4, 0.5) is 0 Å². The molecular weight excluding hydrogens is 417 g/mol. The van der Waals surface area contributed by atoms with E-state index in [0.29, 0.717) is 23.6 Å². The Kier molecular flexibility index (Phi) is 4.71. The molecule has 24 heavy (non-hydrogen) atoms. The molecule has 0 amide bonds. The number of hydrogen-bond acceptors (Lipinski definition) is 3. The summed E-state index contributed by atoms with van der Waals surface area (Å²) in [5.74, 6) is 1.37. The standard InChI is InChI=1S/C19H16NO3.HI/c1-13-6-7-14-4-2-3-5-16(14)20(13)11-17(21)15-8-9-18-19(10-15)23-12-22-18;/h2-10H,11-12H2,1H3;1H/q+1;/p-1. The number of pyridine rings is 1. The number of carbonyl (C=O) groups excluding carboxylic acids is 1. The average molecular weight is 433 g/mol. The largest absolute Gasteiger partial charge is 1.00 e. The lowest BCUT2D eigenvalue weighted by atomic mass is 10.1. The molecule has 0 atom stereocenters. The topological polar surface area (TPSA) is 39.4 Å². The van der Waals surface area contributed by atoms with Gasteiger partial charge < -0.3 is 33.5 Å². The van der Waals surface area contributed by atoms with Gasteiger partial charge in [0.15, 0.2) is 17.2 Å². The first-order valence-corrected chi connectivity index (χ1v) is 7.53. The molecule has 2 heterocycles. The van der Waals surface area contributed by atoms with E-state index in [2.05, 4.69) is 12.1 Å². The van der Waals surface area contributed by atoms with E-state index in [1.54, 1.807) is 18.2 Å². The zero-order chi connectivity index (χ0) is 15.8.